The van der Waals surface area contributed by atoms with Gasteiger partial charge in [0.15, 0.2) is 0 Å². The molecule has 0 radical (unpaired) electrons. The number of anilines is 2. The first-order chi connectivity index (χ1) is 16.7. The molecule has 2 aliphatic rings. The van der Waals surface area contributed by atoms with E-state index in [1.165, 1.54) is 16.0 Å². The normalized spacial score (nSPS) is 16.7. The van der Waals surface area contributed by atoms with Crippen molar-refractivity contribution in [2.75, 3.05) is 36.0 Å². The Labute approximate surface area is 205 Å². The molecular formula is C24H26F3N7S. The Hall–Kier alpha value is -3.21. The average molecular weight is 502 g/mol. The largest absolute Gasteiger partial charge is 0.449 e. The smallest absolute Gasteiger partial charge is 0.347 e. The zero-order valence-corrected chi connectivity index (χ0v) is 20.1. The zero-order valence-electron chi connectivity index (χ0n) is 19.3. The number of benzene rings is 1. The van der Waals surface area contributed by atoms with Gasteiger partial charge in [0.2, 0.25) is 11.8 Å². The van der Waals surface area contributed by atoms with E-state index in [-0.39, 0.29) is 25.5 Å². The Morgan fingerprint density at radius 3 is 2.54 bits per heavy atom. The van der Waals surface area contributed by atoms with E-state index in [4.69, 9.17) is 20.8 Å². The third-order valence-corrected chi connectivity index (χ3v) is 7.51. The molecule has 1 fully saturated rings. The molecule has 2 aliphatic heterocycles. The van der Waals surface area contributed by atoms with Crippen molar-refractivity contribution >= 4 is 45.0 Å². The summed E-state index contributed by atoms with van der Waals surface area (Å²) in [6.45, 7) is 3.67. The molecule has 0 saturated carbocycles. The summed E-state index contributed by atoms with van der Waals surface area (Å²) in [5.74, 6) is -0.513. The molecule has 3 aromatic rings. The monoisotopic (exact) mass is 501 g/mol. The quantitative estimate of drug-likeness (QED) is 0.395. The van der Waals surface area contributed by atoms with Crippen LogP contribution in [0, 0.1) is 10.8 Å². The van der Waals surface area contributed by atoms with Crippen LogP contribution in [0.4, 0.5) is 24.9 Å². The van der Waals surface area contributed by atoms with Crippen LogP contribution in [0.15, 0.2) is 30.3 Å². The molecule has 184 valence electrons. The summed E-state index contributed by atoms with van der Waals surface area (Å²) >= 11 is 1.62. The topological polar surface area (TPSA) is 83.2 Å². The second kappa shape index (κ2) is 9.10. The lowest BCUT2D eigenvalue weighted by molar-refractivity contribution is -0.0671. The molecule has 2 aromatic heterocycles. The number of aryl methyl sites for hydroxylation is 1. The number of halogens is 3. The molecule has 0 bridgehead atoms. The number of aromatic nitrogens is 2. The van der Waals surface area contributed by atoms with Gasteiger partial charge in [0.1, 0.15) is 16.5 Å². The molecule has 1 saturated heterocycles. The van der Waals surface area contributed by atoms with Crippen LogP contribution < -0.4 is 9.80 Å². The molecule has 1 aromatic carbocycles. The molecule has 0 spiro atoms. The lowest BCUT2D eigenvalue weighted by Gasteiger charge is -2.37. The van der Waals surface area contributed by atoms with Crippen LogP contribution in [0.25, 0.3) is 10.2 Å². The van der Waals surface area contributed by atoms with Crippen LogP contribution in [-0.4, -0.2) is 58.9 Å². The minimum atomic E-state index is -4.78. The van der Waals surface area contributed by atoms with Gasteiger partial charge in [-0.05, 0) is 30.0 Å². The second-order valence-electron chi connectivity index (χ2n) is 8.84. The number of nitrogens with zero attached hydrogens (tertiary/aromatic N) is 5. The van der Waals surface area contributed by atoms with Crippen molar-refractivity contribution < 1.29 is 13.2 Å². The van der Waals surface area contributed by atoms with E-state index >= 15 is 0 Å². The SMILES string of the molecule is CCCc1cc2c(N3CCN(C(=N)C(F)(F)F)C(=N)C3)nc(N3CCc4ccccc4C3)nc2s1. The second-order valence-corrected chi connectivity index (χ2v) is 9.95. The standard InChI is InChI=1S/C24H26F3N7S/c1-2-5-17-12-18-20(32-10-11-34(19(28)14-32)22(29)24(25,26)27)30-23(31-21(18)35-17)33-9-8-15-6-3-4-7-16(15)13-33/h3-4,6-7,12,28-29H,2,5,8-11,13-14H2,1H3. The van der Waals surface area contributed by atoms with E-state index in [9.17, 15) is 13.2 Å². The maximum absolute atomic E-state index is 13.1. The summed E-state index contributed by atoms with van der Waals surface area (Å²) in [4.78, 5) is 16.5. The van der Waals surface area contributed by atoms with Gasteiger partial charge >= 0.3 is 6.18 Å². The van der Waals surface area contributed by atoms with E-state index in [1.807, 2.05) is 17.0 Å². The fourth-order valence-electron chi connectivity index (χ4n) is 4.65. The van der Waals surface area contributed by atoms with Crippen LogP contribution in [-0.2, 0) is 19.4 Å². The first kappa shape index (κ1) is 23.5. The molecule has 2 N–H and O–H groups in total. The van der Waals surface area contributed by atoms with Gasteiger partial charge in [-0.2, -0.15) is 18.2 Å². The van der Waals surface area contributed by atoms with Crippen LogP contribution in [0.2, 0.25) is 0 Å². The predicted octanol–water partition coefficient (Wildman–Crippen LogP) is 4.85. The van der Waals surface area contributed by atoms with Crippen molar-refractivity contribution in [1.29, 1.82) is 10.8 Å². The summed E-state index contributed by atoms with van der Waals surface area (Å²) in [5, 5.41) is 16.6. The Kier molecular flexibility index (Phi) is 6.12. The van der Waals surface area contributed by atoms with E-state index in [0.717, 1.165) is 40.9 Å². The van der Waals surface area contributed by atoms with E-state index < -0.39 is 12.0 Å². The number of hydrogen-bond donors (Lipinski definition) is 2. The summed E-state index contributed by atoms with van der Waals surface area (Å²) in [5.41, 5.74) is 2.56. The lowest BCUT2D eigenvalue weighted by atomic mass is 10.0. The van der Waals surface area contributed by atoms with Crippen molar-refractivity contribution in [3.05, 3.63) is 46.3 Å². The fourth-order valence-corrected chi connectivity index (χ4v) is 5.76. The molecule has 7 nitrogen and oxygen atoms in total. The Balaban J connectivity index is 1.49. The third kappa shape index (κ3) is 4.56. The summed E-state index contributed by atoms with van der Waals surface area (Å²) in [6, 6.07) is 10.4. The number of amidine groups is 2. The van der Waals surface area contributed by atoms with Gasteiger partial charge in [0.25, 0.3) is 0 Å². The minimum Gasteiger partial charge on any atom is -0.347 e. The summed E-state index contributed by atoms with van der Waals surface area (Å²) < 4.78 is 39.2. The van der Waals surface area contributed by atoms with E-state index in [0.29, 0.717) is 18.3 Å². The number of alkyl halides is 3. The molecule has 11 heteroatoms. The van der Waals surface area contributed by atoms with Gasteiger partial charge in [-0.1, -0.05) is 37.6 Å². The third-order valence-electron chi connectivity index (χ3n) is 6.42. The van der Waals surface area contributed by atoms with Gasteiger partial charge in [-0.25, -0.2) is 4.98 Å². The van der Waals surface area contributed by atoms with Crippen LogP contribution in [0.1, 0.15) is 29.3 Å². The van der Waals surface area contributed by atoms with Crippen LogP contribution >= 0.6 is 11.3 Å². The first-order valence-electron chi connectivity index (χ1n) is 11.6. The summed E-state index contributed by atoms with van der Waals surface area (Å²) in [6.07, 6.45) is -1.98. The molecule has 0 amide bonds. The maximum atomic E-state index is 13.1. The number of nitrogens with one attached hydrogen (secondary N) is 2. The fraction of sp³-hybridized carbons (Fsp3) is 0.417. The first-order valence-corrected chi connectivity index (χ1v) is 12.4. The molecular weight excluding hydrogens is 475 g/mol. The van der Waals surface area contributed by atoms with E-state index in [1.54, 1.807) is 11.3 Å². The molecule has 4 heterocycles. The van der Waals surface area contributed by atoms with Gasteiger partial charge in [0.05, 0.1) is 11.9 Å². The lowest BCUT2D eigenvalue weighted by Crippen LogP contribution is -2.55. The van der Waals surface area contributed by atoms with Crippen molar-refractivity contribution in [2.24, 2.45) is 0 Å². The zero-order chi connectivity index (χ0) is 24.7. The molecule has 0 unspecified atom stereocenters. The highest BCUT2D eigenvalue weighted by molar-refractivity contribution is 7.18. The minimum absolute atomic E-state index is 0.0498. The number of fused-ring (bicyclic) bond motifs is 2. The Bertz CT molecular complexity index is 1290. The molecule has 0 atom stereocenters. The average Bonchev–Trinajstić information content (AvgIpc) is 3.25. The van der Waals surface area contributed by atoms with Crippen LogP contribution in [0.3, 0.4) is 0 Å². The van der Waals surface area contributed by atoms with Crippen molar-refractivity contribution in [1.82, 2.24) is 14.9 Å². The van der Waals surface area contributed by atoms with Crippen molar-refractivity contribution in [3.8, 4) is 0 Å². The van der Waals surface area contributed by atoms with Gasteiger partial charge in [0, 0.05) is 31.1 Å². The highest BCUT2D eigenvalue weighted by Gasteiger charge is 2.41. The molecule has 5 rings (SSSR count). The van der Waals surface area contributed by atoms with Gasteiger partial charge in [-0.3, -0.25) is 10.8 Å². The highest BCUT2D eigenvalue weighted by Crippen LogP contribution is 2.35. The van der Waals surface area contributed by atoms with Gasteiger partial charge in [-0.15, -0.1) is 11.3 Å². The Morgan fingerprint density at radius 2 is 1.83 bits per heavy atom. The van der Waals surface area contributed by atoms with Crippen molar-refractivity contribution in [3.63, 3.8) is 0 Å². The van der Waals surface area contributed by atoms with Crippen molar-refractivity contribution in [2.45, 2.75) is 38.9 Å². The molecule has 35 heavy (non-hydrogen) atoms. The Morgan fingerprint density at radius 1 is 1.06 bits per heavy atom. The number of hydrogen-bond acceptors (Lipinski definition) is 7. The summed E-state index contributed by atoms with van der Waals surface area (Å²) in [7, 11) is 0. The van der Waals surface area contributed by atoms with Crippen LogP contribution in [0.5, 0.6) is 0 Å². The predicted molar refractivity (Wildman–Crippen MR) is 133 cm³/mol. The maximum Gasteiger partial charge on any atom is 0.449 e. The number of thiophene rings is 1. The molecule has 0 aliphatic carbocycles. The highest BCUT2D eigenvalue weighted by atomic mass is 32.1. The number of rotatable bonds is 4. The van der Waals surface area contributed by atoms with E-state index in [2.05, 4.69) is 30.0 Å². The number of piperazine rings is 1. The van der Waals surface area contributed by atoms with Gasteiger partial charge < -0.3 is 14.7 Å².